The first-order valence-electron chi connectivity index (χ1n) is 5.48. The van der Waals surface area contributed by atoms with Crippen molar-refractivity contribution in [3.63, 3.8) is 0 Å². The van der Waals surface area contributed by atoms with Crippen molar-refractivity contribution in [3.05, 3.63) is 18.2 Å². The van der Waals surface area contributed by atoms with E-state index in [1.807, 2.05) is 4.57 Å². The summed E-state index contributed by atoms with van der Waals surface area (Å²) in [7, 11) is 0. The molecular weight excluding hydrogens is 251 g/mol. The molecule has 1 N–H and O–H groups in total. The normalized spacial score (nSPS) is 21.0. The SMILES string of the molecule is FC(F)(F)SCCn1cncc1C1CCNC1. The summed E-state index contributed by atoms with van der Waals surface area (Å²) in [5, 5.41) is 3.24. The molecule has 0 spiro atoms. The van der Waals surface area contributed by atoms with Crippen molar-refractivity contribution in [1.29, 1.82) is 0 Å². The number of imidazole rings is 1. The first kappa shape index (κ1) is 12.8. The lowest BCUT2D eigenvalue weighted by molar-refractivity contribution is -0.0328. The lowest BCUT2D eigenvalue weighted by atomic mass is 10.1. The molecule has 2 heterocycles. The molecule has 1 aromatic heterocycles. The molecule has 0 radical (unpaired) electrons. The highest BCUT2D eigenvalue weighted by atomic mass is 32.2. The lowest BCUT2D eigenvalue weighted by Gasteiger charge is -2.13. The number of hydrogen-bond donors (Lipinski definition) is 1. The maximum absolute atomic E-state index is 12.0. The minimum absolute atomic E-state index is 0.0188. The van der Waals surface area contributed by atoms with E-state index < -0.39 is 5.51 Å². The molecule has 1 atom stereocenters. The van der Waals surface area contributed by atoms with E-state index >= 15 is 0 Å². The predicted octanol–water partition coefficient (Wildman–Crippen LogP) is 2.21. The van der Waals surface area contributed by atoms with Gasteiger partial charge in [0.2, 0.25) is 0 Å². The van der Waals surface area contributed by atoms with Gasteiger partial charge in [-0.1, -0.05) is 0 Å². The second kappa shape index (κ2) is 5.30. The van der Waals surface area contributed by atoms with Crippen LogP contribution in [0.5, 0.6) is 0 Å². The molecule has 0 aromatic carbocycles. The van der Waals surface area contributed by atoms with Crippen LogP contribution in [0, 0.1) is 0 Å². The van der Waals surface area contributed by atoms with Gasteiger partial charge in [0.15, 0.2) is 0 Å². The van der Waals surface area contributed by atoms with Crippen LogP contribution in [-0.2, 0) is 6.54 Å². The number of thioether (sulfide) groups is 1. The van der Waals surface area contributed by atoms with Gasteiger partial charge in [-0.05, 0) is 24.7 Å². The van der Waals surface area contributed by atoms with E-state index in [2.05, 4.69) is 10.3 Å². The summed E-state index contributed by atoms with van der Waals surface area (Å²) >= 11 is 0.0188. The summed E-state index contributed by atoms with van der Waals surface area (Å²) in [5.74, 6) is 0.417. The fourth-order valence-electron chi connectivity index (χ4n) is 2.02. The fraction of sp³-hybridized carbons (Fsp3) is 0.700. The average molecular weight is 265 g/mol. The zero-order valence-electron chi connectivity index (χ0n) is 9.20. The molecule has 1 fully saturated rings. The van der Waals surface area contributed by atoms with Gasteiger partial charge in [-0.25, -0.2) is 4.98 Å². The number of rotatable bonds is 4. The summed E-state index contributed by atoms with van der Waals surface area (Å²) < 4.78 is 37.9. The summed E-state index contributed by atoms with van der Waals surface area (Å²) in [6.45, 7) is 2.21. The molecule has 1 aliphatic heterocycles. The Kier molecular flexibility index (Phi) is 3.98. The number of nitrogens with one attached hydrogen (secondary N) is 1. The molecule has 0 bridgehead atoms. The van der Waals surface area contributed by atoms with Gasteiger partial charge in [0.25, 0.3) is 0 Å². The van der Waals surface area contributed by atoms with Crippen LogP contribution in [0.4, 0.5) is 13.2 Å². The lowest BCUT2D eigenvalue weighted by Crippen LogP contribution is -2.13. The van der Waals surface area contributed by atoms with Crippen molar-refractivity contribution >= 4 is 11.8 Å². The number of aromatic nitrogens is 2. The summed E-state index contributed by atoms with van der Waals surface area (Å²) in [6.07, 6.45) is 4.40. The molecule has 0 saturated carbocycles. The van der Waals surface area contributed by atoms with Gasteiger partial charge in [0.1, 0.15) is 0 Å². The Labute approximate surface area is 102 Å². The average Bonchev–Trinajstić information content (AvgIpc) is 2.82. The molecule has 0 amide bonds. The van der Waals surface area contributed by atoms with E-state index in [4.69, 9.17) is 0 Å². The second-order valence-electron chi connectivity index (χ2n) is 4.00. The highest BCUT2D eigenvalue weighted by Gasteiger charge is 2.28. The molecule has 3 nitrogen and oxygen atoms in total. The van der Waals surface area contributed by atoms with Gasteiger partial charge in [0.05, 0.1) is 6.33 Å². The number of halogens is 3. The van der Waals surface area contributed by atoms with Crippen LogP contribution in [0.15, 0.2) is 12.5 Å². The van der Waals surface area contributed by atoms with Crippen LogP contribution in [0.2, 0.25) is 0 Å². The van der Waals surface area contributed by atoms with E-state index in [9.17, 15) is 13.2 Å². The molecule has 1 saturated heterocycles. The Bertz CT molecular complexity index is 358. The highest BCUT2D eigenvalue weighted by Crippen LogP contribution is 2.30. The highest BCUT2D eigenvalue weighted by molar-refractivity contribution is 8.00. The van der Waals surface area contributed by atoms with Gasteiger partial charge < -0.3 is 9.88 Å². The first-order valence-corrected chi connectivity index (χ1v) is 6.46. The number of nitrogens with zero attached hydrogens (tertiary/aromatic N) is 2. The van der Waals surface area contributed by atoms with Crippen molar-refractivity contribution < 1.29 is 13.2 Å². The molecule has 1 aromatic rings. The zero-order chi connectivity index (χ0) is 12.3. The van der Waals surface area contributed by atoms with Crippen molar-refractivity contribution in [2.45, 2.75) is 24.4 Å². The summed E-state index contributed by atoms with van der Waals surface area (Å²) in [5.41, 5.74) is -3.10. The third-order valence-corrected chi connectivity index (χ3v) is 3.54. The topological polar surface area (TPSA) is 29.9 Å². The van der Waals surface area contributed by atoms with Gasteiger partial charge in [0, 0.05) is 36.7 Å². The molecule has 7 heteroatoms. The third-order valence-electron chi connectivity index (χ3n) is 2.82. The van der Waals surface area contributed by atoms with Gasteiger partial charge in [-0.3, -0.25) is 0 Å². The van der Waals surface area contributed by atoms with Crippen LogP contribution in [0.1, 0.15) is 18.0 Å². The molecular formula is C10H14F3N3S. The van der Waals surface area contributed by atoms with Crippen LogP contribution >= 0.6 is 11.8 Å². The summed E-state index contributed by atoms with van der Waals surface area (Å²) in [6, 6.07) is 0. The van der Waals surface area contributed by atoms with Crippen LogP contribution in [0.3, 0.4) is 0 Å². The Balaban J connectivity index is 1.90. The van der Waals surface area contributed by atoms with Gasteiger partial charge in [-0.15, -0.1) is 0 Å². The van der Waals surface area contributed by atoms with Crippen molar-refractivity contribution in [2.75, 3.05) is 18.8 Å². The van der Waals surface area contributed by atoms with E-state index in [1.54, 1.807) is 12.5 Å². The predicted molar refractivity (Wildman–Crippen MR) is 61.0 cm³/mol. The van der Waals surface area contributed by atoms with Crippen molar-refractivity contribution in [3.8, 4) is 0 Å². The molecule has 1 unspecified atom stereocenters. The third kappa shape index (κ3) is 3.64. The maximum Gasteiger partial charge on any atom is 0.441 e. The van der Waals surface area contributed by atoms with Crippen LogP contribution < -0.4 is 5.32 Å². The van der Waals surface area contributed by atoms with E-state index in [1.165, 1.54) is 0 Å². The molecule has 2 rings (SSSR count). The minimum Gasteiger partial charge on any atom is -0.333 e. The molecule has 17 heavy (non-hydrogen) atoms. The first-order chi connectivity index (χ1) is 8.06. The van der Waals surface area contributed by atoms with Gasteiger partial charge in [-0.2, -0.15) is 13.2 Å². The Morgan fingerprint density at radius 3 is 3.00 bits per heavy atom. The largest absolute Gasteiger partial charge is 0.441 e. The second-order valence-corrected chi connectivity index (χ2v) is 5.16. The van der Waals surface area contributed by atoms with Crippen molar-refractivity contribution in [1.82, 2.24) is 14.9 Å². The number of alkyl halides is 3. The molecule has 1 aliphatic rings. The smallest absolute Gasteiger partial charge is 0.333 e. The Morgan fingerprint density at radius 2 is 2.35 bits per heavy atom. The molecule has 0 aliphatic carbocycles. The minimum atomic E-state index is -4.14. The monoisotopic (exact) mass is 265 g/mol. The zero-order valence-corrected chi connectivity index (χ0v) is 10.0. The Hall–Kier alpha value is -0.690. The van der Waals surface area contributed by atoms with Gasteiger partial charge >= 0.3 is 5.51 Å². The number of hydrogen-bond acceptors (Lipinski definition) is 3. The standard InChI is InChI=1S/C10H14F3N3S/c11-10(12,13)17-4-3-16-7-15-6-9(16)8-1-2-14-5-8/h6-8,14H,1-5H2. The van der Waals surface area contributed by atoms with E-state index in [-0.39, 0.29) is 17.5 Å². The maximum atomic E-state index is 12.0. The van der Waals surface area contributed by atoms with E-state index in [0.29, 0.717) is 12.5 Å². The van der Waals surface area contributed by atoms with Crippen LogP contribution in [-0.4, -0.2) is 33.9 Å². The fourth-order valence-corrected chi connectivity index (χ4v) is 2.54. The molecule has 96 valence electrons. The van der Waals surface area contributed by atoms with Crippen LogP contribution in [0.25, 0.3) is 0 Å². The quantitative estimate of drug-likeness (QED) is 0.905. The van der Waals surface area contributed by atoms with E-state index in [0.717, 1.165) is 25.2 Å². The Morgan fingerprint density at radius 1 is 1.53 bits per heavy atom. The summed E-state index contributed by atoms with van der Waals surface area (Å²) in [4.78, 5) is 4.03. The van der Waals surface area contributed by atoms with Crippen molar-refractivity contribution in [2.24, 2.45) is 0 Å². The number of aryl methyl sites for hydroxylation is 1.